The molecular weight excluding hydrogens is 368 g/mol. The van der Waals surface area contributed by atoms with E-state index < -0.39 is 28.5 Å². The summed E-state index contributed by atoms with van der Waals surface area (Å²) in [5.41, 5.74) is 0. The minimum Gasteiger partial charge on any atom is -0.481 e. The van der Waals surface area contributed by atoms with Gasteiger partial charge < -0.3 is 9.84 Å². The highest BCUT2D eigenvalue weighted by Crippen LogP contribution is 2.30. The van der Waals surface area contributed by atoms with Crippen molar-refractivity contribution in [2.45, 2.75) is 43.2 Å². The summed E-state index contributed by atoms with van der Waals surface area (Å²) in [7, 11) is -3.89. The molecule has 0 atom stereocenters. The molecule has 0 bridgehead atoms. The first kappa shape index (κ1) is 18.9. The summed E-state index contributed by atoms with van der Waals surface area (Å²) < 4.78 is 55.7. The van der Waals surface area contributed by atoms with Crippen LogP contribution in [0.25, 0.3) is 0 Å². The zero-order valence-corrected chi connectivity index (χ0v) is 14.0. The van der Waals surface area contributed by atoms with Gasteiger partial charge in [0.15, 0.2) is 0 Å². The fourth-order valence-electron chi connectivity index (χ4n) is 2.59. The molecule has 2 N–H and O–H groups in total. The van der Waals surface area contributed by atoms with Gasteiger partial charge in [0, 0.05) is 6.04 Å². The first-order valence-corrected chi connectivity index (χ1v) is 9.04. The summed E-state index contributed by atoms with van der Waals surface area (Å²) in [4.78, 5) is 10.7. The van der Waals surface area contributed by atoms with Crippen molar-refractivity contribution in [1.82, 2.24) is 4.72 Å². The monoisotopic (exact) mass is 383 g/mol. The number of rotatable bonds is 6. The molecule has 1 aliphatic rings. The van der Waals surface area contributed by atoms with Gasteiger partial charge in [0.25, 0.3) is 0 Å². The minimum atomic E-state index is -3.89. The minimum absolute atomic E-state index is 0.172. The second-order valence-electron chi connectivity index (χ2n) is 5.48. The average Bonchev–Trinajstić information content (AvgIpc) is 2.49. The van der Waals surface area contributed by atoms with E-state index >= 15 is 0 Å². The van der Waals surface area contributed by atoms with Gasteiger partial charge in [0.05, 0.1) is 15.8 Å². The maximum Gasteiger partial charge on any atom is 0.387 e. The lowest BCUT2D eigenvalue weighted by Gasteiger charge is -2.26. The Morgan fingerprint density at radius 1 is 1.29 bits per heavy atom. The molecule has 0 radical (unpaired) electrons. The van der Waals surface area contributed by atoms with E-state index in [1.54, 1.807) is 0 Å². The number of nitrogens with one attached hydrogen (secondary N) is 1. The van der Waals surface area contributed by atoms with E-state index in [9.17, 15) is 22.0 Å². The first-order valence-electron chi connectivity index (χ1n) is 7.18. The van der Waals surface area contributed by atoms with Crippen molar-refractivity contribution in [3.05, 3.63) is 23.2 Å². The fourth-order valence-corrected chi connectivity index (χ4v) is 4.21. The predicted molar refractivity (Wildman–Crippen MR) is 81.8 cm³/mol. The summed E-state index contributed by atoms with van der Waals surface area (Å²) in [6, 6.07) is 2.84. The molecule has 1 aliphatic carbocycles. The largest absolute Gasteiger partial charge is 0.481 e. The van der Waals surface area contributed by atoms with Gasteiger partial charge in [0.2, 0.25) is 10.0 Å². The predicted octanol–water partition coefficient (Wildman–Crippen LogP) is 2.86. The maximum absolute atomic E-state index is 12.3. The van der Waals surface area contributed by atoms with E-state index in [0.29, 0.717) is 25.7 Å². The van der Waals surface area contributed by atoms with Crippen molar-refractivity contribution in [3.63, 3.8) is 0 Å². The molecule has 1 saturated carbocycles. The molecule has 6 nitrogen and oxygen atoms in total. The summed E-state index contributed by atoms with van der Waals surface area (Å²) in [5, 5.41) is 8.69. The number of carboxylic acid groups (broad SMARTS) is 1. The molecule has 1 fully saturated rings. The van der Waals surface area contributed by atoms with Crippen LogP contribution in [0.2, 0.25) is 5.02 Å². The van der Waals surface area contributed by atoms with Crippen molar-refractivity contribution in [2.24, 2.45) is 5.92 Å². The van der Waals surface area contributed by atoms with E-state index in [1.807, 2.05) is 0 Å². The van der Waals surface area contributed by atoms with Crippen molar-refractivity contribution >= 4 is 27.6 Å². The van der Waals surface area contributed by atoms with E-state index in [1.165, 1.54) is 0 Å². The number of hydrogen-bond donors (Lipinski definition) is 2. The highest BCUT2D eigenvalue weighted by Gasteiger charge is 2.29. The number of alkyl halides is 2. The van der Waals surface area contributed by atoms with Gasteiger partial charge in [-0.2, -0.15) is 8.78 Å². The summed E-state index contributed by atoms with van der Waals surface area (Å²) >= 11 is 5.76. The van der Waals surface area contributed by atoms with E-state index in [4.69, 9.17) is 16.7 Å². The van der Waals surface area contributed by atoms with Crippen molar-refractivity contribution in [1.29, 1.82) is 0 Å². The molecule has 1 aromatic carbocycles. The molecule has 24 heavy (non-hydrogen) atoms. The third-order valence-electron chi connectivity index (χ3n) is 3.83. The number of halogens is 3. The number of carbonyl (C=O) groups is 1. The smallest absolute Gasteiger partial charge is 0.387 e. The standard InChI is InChI=1S/C14H16ClF2NO5S/c15-11-7-10(5-6-12(11)23-14(16)17)24(21,22)18-9-3-1-8(2-4-9)13(19)20/h5-9,14,18H,1-4H2,(H,19,20). The first-order chi connectivity index (χ1) is 11.2. The normalized spacial score (nSPS) is 21.7. The number of aliphatic carboxylic acids is 1. The number of benzene rings is 1. The molecule has 2 rings (SSSR count). The summed E-state index contributed by atoms with van der Waals surface area (Å²) in [6.07, 6.45) is 1.61. The van der Waals surface area contributed by atoms with Crippen LogP contribution in [0, 0.1) is 5.92 Å². The molecule has 10 heteroatoms. The lowest BCUT2D eigenvalue weighted by molar-refractivity contribution is -0.142. The van der Waals surface area contributed by atoms with E-state index in [0.717, 1.165) is 18.2 Å². The molecule has 0 unspecified atom stereocenters. The van der Waals surface area contributed by atoms with Crippen LogP contribution in [0.1, 0.15) is 25.7 Å². The van der Waals surface area contributed by atoms with Gasteiger partial charge in [-0.25, -0.2) is 13.1 Å². The van der Waals surface area contributed by atoms with Gasteiger partial charge in [-0.3, -0.25) is 4.79 Å². The lowest BCUT2D eigenvalue weighted by atomic mass is 9.87. The quantitative estimate of drug-likeness (QED) is 0.788. The highest BCUT2D eigenvalue weighted by atomic mass is 35.5. The number of carboxylic acids is 1. The molecule has 0 saturated heterocycles. The van der Waals surface area contributed by atoms with Gasteiger partial charge in [-0.05, 0) is 43.9 Å². The van der Waals surface area contributed by atoms with Crippen LogP contribution in [0.15, 0.2) is 23.1 Å². The maximum atomic E-state index is 12.3. The van der Waals surface area contributed by atoms with Crippen LogP contribution in [-0.2, 0) is 14.8 Å². The lowest BCUT2D eigenvalue weighted by Crippen LogP contribution is -2.38. The third-order valence-corrected chi connectivity index (χ3v) is 5.64. The summed E-state index contributed by atoms with van der Waals surface area (Å²) in [6.45, 7) is -3.06. The van der Waals surface area contributed by atoms with Crippen LogP contribution < -0.4 is 9.46 Å². The van der Waals surface area contributed by atoms with Crippen LogP contribution in [0.4, 0.5) is 8.78 Å². The Balaban J connectivity index is 2.05. The Morgan fingerprint density at radius 2 is 1.92 bits per heavy atom. The number of hydrogen-bond acceptors (Lipinski definition) is 4. The van der Waals surface area contributed by atoms with E-state index in [2.05, 4.69) is 9.46 Å². The van der Waals surface area contributed by atoms with Gasteiger partial charge in [-0.1, -0.05) is 11.6 Å². The Kier molecular flexibility index (Phi) is 6.00. The number of sulfonamides is 1. The van der Waals surface area contributed by atoms with Crippen LogP contribution in [0.3, 0.4) is 0 Å². The van der Waals surface area contributed by atoms with Crippen LogP contribution >= 0.6 is 11.6 Å². The molecule has 0 aromatic heterocycles. The summed E-state index contributed by atoms with van der Waals surface area (Å²) in [5.74, 6) is -1.64. The zero-order valence-electron chi connectivity index (χ0n) is 12.4. The van der Waals surface area contributed by atoms with E-state index in [-0.39, 0.29) is 21.7 Å². The second kappa shape index (κ2) is 7.62. The topological polar surface area (TPSA) is 92.7 Å². The van der Waals surface area contributed by atoms with Gasteiger partial charge in [-0.15, -0.1) is 0 Å². The third kappa shape index (κ3) is 4.78. The van der Waals surface area contributed by atoms with Gasteiger partial charge >= 0.3 is 12.6 Å². The SMILES string of the molecule is O=C(O)C1CCC(NS(=O)(=O)c2ccc(OC(F)F)c(Cl)c2)CC1. The average molecular weight is 384 g/mol. The molecule has 134 valence electrons. The van der Waals surface area contributed by atoms with Crippen LogP contribution in [0.5, 0.6) is 5.75 Å². The Morgan fingerprint density at radius 3 is 2.42 bits per heavy atom. The van der Waals surface area contributed by atoms with Crippen molar-refractivity contribution in [3.8, 4) is 5.75 Å². The van der Waals surface area contributed by atoms with Gasteiger partial charge in [0.1, 0.15) is 5.75 Å². The molecule has 1 aromatic rings. The molecular formula is C14H16ClF2NO5S. The second-order valence-corrected chi connectivity index (χ2v) is 7.60. The van der Waals surface area contributed by atoms with Crippen molar-refractivity contribution < 1.29 is 31.8 Å². The highest BCUT2D eigenvalue weighted by molar-refractivity contribution is 7.89. The van der Waals surface area contributed by atoms with Crippen molar-refractivity contribution in [2.75, 3.05) is 0 Å². The zero-order chi connectivity index (χ0) is 17.9. The Labute approximate surface area is 142 Å². The number of ether oxygens (including phenoxy) is 1. The molecule has 0 aliphatic heterocycles. The molecule has 0 heterocycles. The molecule has 0 amide bonds. The van der Waals surface area contributed by atoms with Crippen LogP contribution in [-0.4, -0.2) is 32.1 Å². The molecule has 0 spiro atoms. The Bertz CT molecular complexity index is 705. The fraction of sp³-hybridized carbons (Fsp3) is 0.500. The Hall–Kier alpha value is -1.45.